The van der Waals surface area contributed by atoms with E-state index in [0.717, 1.165) is 54.6 Å². The summed E-state index contributed by atoms with van der Waals surface area (Å²) in [6, 6.07) is 26.1. The van der Waals surface area contributed by atoms with Crippen molar-refractivity contribution in [1.29, 1.82) is 0 Å². The topological polar surface area (TPSA) is 103 Å². The molecular formula is C46H46Cl2N4O6. The van der Waals surface area contributed by atoms with Gasteiger partial charge in [0.15, 0.2) is 22.9 Å². The number of carbonyl (C=O) groups excluding carboxylic acids is 3. The van der Waals surface area contributed by atoms with Crippen molar-refractivity contribution < 1.29 is 28.6 Å². The molecule has 2 fully saturated rings. The van der Waals surface area contributed by atoms with Crippen LogP contribution in [-0.2, 0) is 4.74 Å². The number of nitrogens with zero attached hydrogens (tertiary/aromatic N) is 3. The monoisotopic (exact) mass is 820 g/mol. The van der Waals surface area contributed by atoms with Gasteiger partial charge >= 0.3 is 6.09 Å². The minimum atomic E-state index is -0.717. The van der Waals surface area contributed by atoms with Crippen LogP contribution in [0.5, 0.6) is 11.5 Å². The maximum atomic E-state index is 13.1. The predicted octanol–water partition coefficient (Wildman–Crippen LogP) is 11.1. The number of ketones is 2. The quantitative estimate of drug-likeness (QED) is 0.159. The van der Waals surface area contributed by atoms with Crippen molar-refractivity contribution >= 4 is 52.2 Å². The van der Waals surface area contributed by atoms with E-state index in [-0.39, 0.29) is 35.0 Å². The molecule has 0 aliphatic carbocycles. The molecule has 4 aliphatic heterocycles. The minimum Gasteiger partial charge on any atom is -0.485 e. The minimum absolute atomic E-state index is 0.00970. The van der Waals surface area contributed by atoms with Gasteiger partial charge in [-0.25, -0.2) is 14.5 Å². The number of hydrogen-bond donors (Lipinski definition) is 1. The molecule has 0 saturated carbocycles. The Morgan fingerprint density at radius 3 is 1.78 bits per heavy atom. The molecule has 2 spiro atoms. The average molecular weight is 822 g/mol. The lowest BCUT2D eigenvalue weighted by Crippen LogP contribution is -2.56. The van der Waals surface area contributed by atoms with Crippen LogP contribution in [0.25, 0.3) is 31.9 Å². The van der Waals surface area contributed by atoms with Gasteiger partial charge in [-0.15, -0.1) is 23.2 Å². The third kappa shape index (κ3) is 10.00. The van der Waals surface area contributed by atoms with E-state index in [9.17, 15) is 14.4 Å². The zero-order chi connectivity index (χ0) is 41.5. The molecule has 0 radical (unpaired) electrons. The van der Waals surface area contributed by atoms with Crippen molar-refractivity contribution in [1.82, 2.24) is 10.2 Å². The molecular weight excluding hydrogens is 775 g/mol. The van der Waals surface area contributed by atoms with Crippen LogP contribution in [0.3, 0.4) is 0 Å². The van der Waals surface area contributed by atoms with E-state index in [1.807, 2.05) is 93.6 Å². The zero-order valence-corrected chi connectivity index (χ0v) is 34.4. The molecule has 0 bridgehead atoms. The fourth-order valence-corrected chi connectivity index (χ4v) is 7.84. The molecule has 2 atom stereocenters. The molecule has 8 rings (SSSR count). The number of likely N-dealkylation sites (tertiary alicyclic amines) is 1. The van der Waals surface area contributed by atoms with Crippen LogP contribution in [0.15, 0.2) is 84.9 Å². The Balaban J connectivity index is 0.000000188. The van der Waals surface area contributed by atoms with Gasteiger partial charge < -0.3 is 24.4 Å². The smallest absolute Gasteiger partial charge is 0.410 e. The number of carbonyl (C=O) groups is 3. The van der Waals surface area contributed by atoms with E-state index in [1.165, 1.54) is 0 Å². The summed E-state index contributed by atoms with van der Waals surface area (Å²) in [4.78, 5) is 47.0. The second kappa shape index (κ2) is 18.0. The first-order valence-corrected chi connectivity index (χ1v) is 20.3. The summed E-state index contributed by atoms with van der Waals surface area (Å²) < 4.78 is 18.1. The van der Waals surface area contributed by atoms with E-state index in [4.69, 9.17) is 50.6 Å². The Morgan fingerprint density at radius 2 is 1.28 bits per heavy atom. The zero-order valence-electron chi connectivity index (χ0n) is 32.9. The first-order chi connectivity index (χ1) is 27.8. The van der Waals surface area contributed by atoms with Crippen LogP contribution < -0.4 is 14.8 Å². The number of fused-ring (bicyclic) bond motifs is 2. The number of piperidine rings is 2. The van der Waals surface area contributed by atoms with Gasteiger partial charge in [0.2, 0.25) is 0 Å². The number of nitrogens with one attached hydrogen (secondary N) is 1. The van der Waals surface area contributed by atoms with Crippen LogP contribution in [0.1, 0.15) is 80.0 Å². The van der Waals surface area contributed by atoms with Crippen LogP contribution in [0, 0.1) is 13.1 Å². The van der Waals surface area contributed by atoms with Crippen molar-refractivity contribution in [3.8, 4) is 33.8 Å². The van der Waals surface area contributed by atoms with Crippen molar-refractivity contribution in [3.05, 3.63) is 119 Å². The highest BCUT2D eigenvalue weighted by molar-refractivity contribution is 6.40. The lowest BCUT2D eigenvalue weighted by molar-refractivity contribution is -0.0333. The third-order valence-corrected chi connectivity index (χ3v) is 10.4. The highest BCUT2D eigenvalue weighted by Gasteiger charge is 2.46. The molecule has 12 heteroatoms. The molecule has 300 valence electrons. The maximum absolute atomic E-state index is 13.1. The number of Topliss-reactive ketones (excluding diaryl/α,β-unsaturated/α-hetero) is 2. The second-order valence-corrected chi connectivity index (χ2v) is 16.7. The molecule has 4 aromatic rings. The SMILES string of the molecule is ClCCl.[C-]#[N+]c1cccc(-c2ccc3c(c2)C(=O)CC2(CCCN(C(=O)OC(C)(C)C)C2)O3)c1.[C-]#[N+]c1cccc(-c2ccc3c(c2)C(=O)CC2(CCCNC2)O3)c1. The van der Waals surface area contributed by atoms with E-state index in [2.05, 4.69) is 15.0 Å². The number of halogens is 2. The van der Waals surface area contributed by atoms with Crippen molar-refractivity contribution in [2.24, 2.45) is 0 Å². The van der Waals surface area contributed by atoms with Crippen LogP contribution in [-0.4, -0.2) is 70.9 Å². The molecule has 10 nitrogen and oxygen atoms in total. The van der Waals surface area contributed by atoms with Crippen LogP contribution in [0.4, 0.5) is 16.2 Å². The van der Waals surface area contributed by atoms with Crippen molar-refractivity contribution in [2.45, 2.75) is 76.1 Å². The van der Waals surface area contributed by atoms with Gasteiger partial charge in [-0.05, 0) is 112 Å². The molecule has 2 saturated heterocycles. The highest BCUT2D eigenvalue weighted by atomic mass is 35.5. The average Bonchev–Trinajstić information content (AvgIpc) is 3.21. The summed E-state index contributed by atoms with van der Waals surface area (Å²) in [5, 5.41) is 3.54. The van der Waals surface area contributed by atoms with Crippen LogP contribution >= 0.6 is 23.2 Å². The Bertz CT molecular complexity index is 2270. The Kier molecular flexibility index (Phi) is 13.1. The van der Waals surface area contributed by atoms with Crippen molar-refractivity contribution in [2.75, 3.05) is 31.5 Å². The van der Waals surface area contributed by atoms with Gasteiger partial charge in [0.1, 0.15) is 28.3 Å². The molecule has 1 N–H and O–H groups in total. The number of ether oxygens (including phenoxy) is 3. The summed E-state index contributed by atoms with van der Waals surface area (Å²) in [5.74, 6) is 1.38. The van der Waals surface area contributed by atoms with Crippen LogP contribution in [0.2, 0.25) is 0 Å². The molecule has 1 amide bonds. The third-order valence-electron chi connectivity index (χ3n) is 10.4. The highest BCUT2D eigenvalue weighted by Crippen LogP contribution is 2.41. The molecule has 4 heterocycles. The maximum Gasteiger partial charge on any atom is 0.410 e. The summed E-state index contributed by atoms with van der Waals surface area (Å²) in [5.41, 5.74) is 4.32. The number of amides is 1. The fourth-order valence-electron chi connectivity index (χ4n) is 7.84. The summed E-state index contributed by atoms with van der Waals surface area (Å²) in [6.45, 7) is 22.5. The fraction of sp³-hybridized carbons (Fsp3) is 0.370. The second-order valence-electron chi connectivity index (χ2n) is 15.9. The van der Waals surface area contributed by atoms with Gasteiger partial charge in [0.25, 0.3) is 0 Å². The van der Waals surface area contributed by atoms with Gasteiger partial charge in [-0.3, -0.25) is 9.59 Å². The largest absolute Gasteiger partial charge is 0.485 e. The summed E-state index contributed by atoms with van der Waals surface area (Å²) >= 11 is 9.53. The Labute approximate surface area is 350 Å². The van der Waals surface area contributed by atoms with Crippen molar-refractivity contribution in [3.63, 3.8) is 0 Å². The van der Waals surface area contributed by atoms with E-state index in [0.29, 0.717) is 59.9 Å². The molecule has 0 aromatic heterocycles. The lowest BCUT2D eigenvalue weighted by Gasteiger charge is -2.44. The normalized spacial score (nSPS) is 20.6. The van der Waals surface area contributed by atoms with E-state index in [1.54, 1.807) is 17.0 Å². The molecule has 4 aromatic carbocycles. The number of alkyl halides is 2. The first kappa shape index (κ1) is 42.2. The summed E-state index contributed by atoms with van der Waals surface area (Å²) in [7, 11) is 0. The Hall–Kier alpha value is -5.39. The van der Waals surface area contributed by atoms with Gasteiger partial charge in [0, 0.05) is 13.1 Å². The van der Waals surface area contributed by atoms with Gasteiger partial charge in [0.05, 0.1) is 49.0 Å². The standard InChI is InChI=1S/C25H26N2O4.C20H18N2O2.CH2Cl2/c1-24(2,3)31-23(29)27-12-6-11-25(16-27)15-21(28)20-14-18(9-10-22(20)30-25)17-7-5-8-19(13-17)26-4;1-21-16-5-2-4-14(10-16)15-6-7-19-17(11-15)18(23)12-20(24-19)8-3-9-22-13-20;2-1-3/h5,7-10,13-14H,6,11-12,15-16H2,1-3H3;2,4-7,10-11,22H,3,8-9,12-13H2;1H2. The number of benzene rings is 4. The first-order valence-electron chi connectivity index (χ1n) is 19.3. The predicted molar refractivity (Wildman–Crippen MR) is 227 cm³/mol. The van der Waals surface area contributed by atoms with Gasteiger partial charge in [-0.2, -0.15) is 0 Å². The molecule has 4 aliphatic rings. The number of hydrogen-bond acceptors (Lipinski definition) is 7. The molecule has 2 unspecified atom stereocenters. The number of rotatable bonds is 2. The lowest BCUT2D eigenvalue weighted by atomic mass is 9.83. The van der Waals surface area contributed by atoms with E-state index >= 15 is 0 Å². The molecule has 58 heavy (non-hydrogen) atoms. The Morgan fingerprint density at radius 1 is 0.776 bits per heavy atom. The van der Waals surface area contributed by atoms with E-state index < -0.39 is 11.2 Å². The van der Waals surface area contributed by atoms with Gasteiger partial charge in [-0.1, -0.05) is 48.5 Å². The summed E-state index contributed by atoms with van der Waals surface area (Å²) in [6.07, 6.45) is 3.70.